The minimum absolute atomic E-state index is 0.00914. The van der Waals surface area contributed by atoms with Crippen LogP contribution in [0.1, 0.15) is 393 Å². The average molecular weight is 1110 g/mol. The van der Waals surface area contributed by atoms with Gasteiger partial charge in [-0.05, 0) is 83.5 Å². The second-order valence-corrected chi connectivity index (χ2v) is 24.6. The Morgan fingerprint density at radius 2 is 0.633 bits per heavy atom. The molecule has 0 radical (unpaired) electrons. The van der Waals surface area contributed by atoms with Crippen molar-refractivity contribution < 1.29 is 24.5 Å². The lowest BCUT2D eigenvalue weighted by atomic mass is 10.0. The molecule has 1 amide bonds. The first-order chi connectivity index (χ1) is 39.0. The summed E-state index contributed by atoms with van der Waals surface area (Å²) in [5, 5.41) is 23.3. The molecule has 0 bridgehead atoms. The number of hydrogen-bond acceptors (Lipinski definition) is 5. The fourth-order valence-corrected chi connectivity index (χ4v) is 11.2. The smallest absolute Gasteiger partial charge is 0.305 e. The van der Waals surface area contributed by atoms with Gasteiger partial charge in [0.1, 0.15) is 0 Å². The maximum atomic E-state index is 12.5. The van der Waals surface area contributed by atoms with Crippen LogP contribution in [0.4, 0.5) is 0 Å². The van der Waals surface area contributed by atoms with Crippen molar-refractivity contribution in [2.45, 2.75) is 405 Å². The van der Waals surface area contributed by atoms with Crippen molar-refractivity contribution in [3.63, 3.8) is 0 Å². The SMILES string of the molecule is CCCCCCCC/C=C\CCCCCCCC(=O)OCCCCCCCCCCCCC/C=C\C/C=C\CCCCCCCCCCCCCCCCCCCC(=O)NC(CO)C(O)CCCCCCCCCCCCCC. The van der Waals surface area contributed by atoms with E-state index in [2.05, 4.69) is 55.6 Å². The minimum Gasteiger partial charge on any atom is -0.466 e. The molecule has 466 valence electrons. The summed E-state index contributed by atoms with van der Waals surface area (Å²) >= 11 is 0. The molecule has 3 N–H and O–H groups in total. The molecule has 0 saturated carbocycles. The molecule has 0 heterocycles. The Bertz CT molecular complexity index is 1280. The first-order valence-electron chi connectivity index (χ1n) is 35.7. The number of allylic oxidation sites excluding steroid dienone is 6. The molecule has 2 unspecified atom stereocenters. The second-order valence-electron chi connectivity index (χ2n) is 24.6. The highest BCUT2D eigenvalue weighted by Crippen LogP contribution is 2.18. The minimum atomic E-state index is -0.661. The highest BCUT2D eigenvalue weighted by molar-refractivity contribution is 5.76. The van der Waals surface area contributed by atoms with E-state index in [1.54, 1.807) is 0 Å². The van der Waals surface area contributed by atoms with E-state index < -0.39 is 12.1 Å². The molecule has 0 aromatic heterocycles. The van der Waals surface area contributed by atoms with Gasteiger partial charge in [-0.15, -0.1) is 0 Å². The van der Waals surface area contributed by atoms with Gasteiger partial charge in [0.25, 0.3) is 0 Å². The number of hydrogen-bond donors (Lipinski definition) is 3. The topological polar surface area (TPSA) is 95.9 Å². The van der Waals surface area contributed by atoms with E-state index in [0.717, 1.165) is 51.4 Å². The van der Waals surface area contributed by atoms with E-state index in [4.69, 9.17) is 4.74 Å². The third-order valence-electron chi connectivity index (χ3n) is 16.7. The van der Waals surface area contributed by atoms with E-state index in [-0.39, 0.29) is 18.5 Å². The van der Waals surface area contributed by atoms with Crippen molar-refractivity contribution in [1.29, 1.82) is 0 Å². The van der Waals surface area contributed by atoms with E-state index >= 15 is 0 Å². The first-order valence-corrected chi connectivity index (χ1v) is 35.7. The molecule has 0 aliphatic rings. The zero-order valence-corrected chi connectivity index (χ0v) is 53.4. The van der Waals surface area contributed by atoms with Crippen LogP contribution in [-0.4, -0.2) is 47.4 Å². The maximum Gasteiger partial charge on any atom is 0.305 e. The van der Waals surface area contributed by atoms with Crippen LogP contribution in [0.2, 0.25) is 0 Å². The number of ether oxygens (including phenoxy) is 1. The number of unbranched alkanes of at least 4 members (excludes halogenated alkanes) is 50. The van der Waals surface area contributed by atoms with Crippen LogP contribution in [0.15, 0.2) is 36.5 Å². The van der Waals surface area contributed by atoms with Crippen LogP contribution >= 0.6 is 0 Å². The van der Waals surface area contributed by atoms with Crippen LogP contribution in [0, 0.1) is 0 Å². The second kappa shape index (κ2) is 68.6. The predicted molar refractivity (Wildman–Crippen MR) is 347 cm³/mol. The quantitative estimate of drug-likeness (QED) is 0.0320. The summed E-state index contributed by atoms with van der Waals surface area (Å²) < 4.78 is 5.49. The van der Waals surface area contributed by atoms with Crippen molar-refractivity contribution in [3.8, 4) is 0 Å². The summed E-state index contributed by atoms with van der Waals surface area (Å²) in [5.74, 6) is -0.0223. The van der Waals surface area contributed by atoms with Gasteiger partial charge in [0.05, 0.1) is 25.4 Å². The summed E-state index contributed by atoms with van der Waals surface area (Å²) in [5.41, 5.74) is 0. The summed E-state index contributed by atoms with van der Waals surface area (Å²) in [6, 6.07) is -0.539. The van der Waals surface area contributed by atoms with Crippen molar-refractivity contribution in [2.24, 2.45) is 0 Å². The summed E-state index contributed by atoms with van der Waals surface area (Å²) in [6.45, 7) is 4.96. The van der Waals surface area contributed by atoms with Gasteiger partial charge >= 0.3 is 5.97 Å². The van der Waals surface area contributed by atoms with Crippen molar-refractivity contribution >= 4 is 11.9 Å². The van der Waals surface area contributed by atoms with Crippen molar-refractivity contribution in [2.75, 3.05) is 13.2 Å². The fourth-order valence-electron chi connectivity index (χ4n) is 11.2. The molecule has 0 fully saturated rings. The van der Waals surface area contributed by atoms with Crippen LogP contribution in [0.25, 0.3) is 0 Å². The molecular formula is C73H139NO5. The van der Waals surface area contributed by atoms with Gasteiger partial charge in [0.15, 0.2) is 0 Å². The number of carbonyl (C=O) groups is 2. The number of carbonyl (C=O) groups excluding carboxylic acids is 2. The van der Waals surface area contributed by atoms with Crippen molar-refractivity contribution in [1.82, 2.24) is 5.32 Å². The van der Waals surface area contributed by atoms with Crippen molar-refractivity contribution in [3.05, 3.63) is 36.5 Å². The Hall–Kier alpha value is -1.92. The molecule has 6 nitrogen and oxygen atoms in total. The van der Waals surface area contributed by atoms with Crippen LogP contribution < -0.4 is 5.32 Å². The summed E-state index contributed by atoms with van der Waals surface area (Å²) in [4.78, 5) is 24.5. The third-order valence-corrected chi connectivity index (χ3v) is 16.7. The largest absolute Gasteiger partial charge is 0.466 e. The summed E-state index contributed by atoms with van der Waals surface area (Å²) in [6.07, 6.45) is 87.8. The highest BCUT2D eigenvalue weighted by Gasteiger charge is 2.20. The maximum absolute atomic E-state index is 12.5. The lowest BCUT2D eigenvalue weighted by Gasteiger charge is -2.22. The van der Waals surface area contributed by atoms with E-state index in [1.165, 1.54) is 308 Å². The van der Waals surface area contributed by atoms with Gasteiger partial charge in [-0.1, -0.05) is 333 Å². The number of aliphatic hydroxyl groups excluding tert-OH is 2. The molecule has 0 rings (SSSR count). The van der Waals surface area contributed by atoms with Gasteiger partial charge in [0, 0.05) is 12.8 Å². The highest BCUT2D eigenvalue weighted by atomic mass is 16.5. The van der Waals surface area contributed by atoms with E-state index in [0.29, 0.717) is 25.9 Å². The molecule has 0 aromatic rings. The Balaban J connectivity index is 3.35. The first kappa shape index (κ1) is 77.1. The number of amides is 1. The van der Waals surface area contributed by atoms with Gasteiger partial charge in [-0.3, -0.25) is 9.59 Å². The molecule has 6 heteroatoms. The zero-order chi connectivity index (χ0) is 57.1. The molecular weight excluding hydrogens is 971 g/mol. The molecule has 0 spiro atoms. The summed E-state index contributed by atoms with van der Waals surface area (Å²) in [7, 11) is 0. The third kappa shape index (κ3) is 65.1. The molecule has 0 aromatic carbocycles. The Morgan fingerprint density at radius 1 is 0.354 bits per heavy atom. The van der Waals surface area contributed by atoms with Crippen LogP contribution in [-0.2, 0) is 14.3 Å². The Kier molecular flexibility index (Phi) is 66.9. The normalized spacial score (nSPS) is 12.7. The molecule has 0 aliphatic carbocycles. The Morgan fingerprint density at radius 3 is 0.975 bits per heavy atom. The van der Waals surface area contributed by atoms with Crippen LogP contribution in [0.3, 0.4) is 0 Å². The van der Waals surface area contributed by atoms with Gasteiger partial charge in [-0.2, -0.15) is 0 Å². The van der Waals surface area contributed by atoms with Gasteiger partial charge in [-0.25, -0.2) is 0 Å². The molecule has 0 saturated heterocycles. The number of nitrogens with one attached hydrogen (secondary N) is 1. The lowest BCUT2D eigenvalue weighted by molar-refractivity contribution is -0.143. The average Bonchev–Trinajstić information content (AvgIpc) is 3.45. The predicted octanol–water partition coefficient (Wildman–Crippen LogP) is 23.1. The molecule has 0 aliphatic heterocycles. The number of rotatable bonds is 67. The zero-order valence-electron chi connectivity index (χ0n) is 53.4. The fraction of sp³-hybridized carbons (Fsp3) is 0.890. The Labute approximate surface area is 494 Å². The van der Waals surface area contributed by atoms with E-state index in [1.807, 2.05) is 0 Å². The molecule has 2 atom stereocenters. The standard InChI is InChI=1S/C73H139NO5/c1-3-5-7-9-11-13-15-17-39-43-47-51-55-59-63-67-73(78)79-68-64-60-56-52-48-44-41-38-36-34-32-30-28-26-24-22-20-18-19-21-23-25-27-29-31-33-35-37-40-42-46-50-54-58-62-66-72(77)74-70(69-75)71(76)65-61-57-53-49-45-16-14-12-10-8-6-4-2/h17,20,22,26,28,39,70-71,75-76H,3-16,18-19,21,23-25,27,29-38,40-69H2,1-2H3,(H,74,77)/b22-20-,28-26-,39-17-. The van der Waals surface area contributed by atoms with E-state index in [9.17, 15) is 19.8 Å². The van der Waals surface area contributed by atoms with Gasteiger partial charge < -0.3 is 20.3 Å². The van der Waals surface area contributed by atoms with Gasteiger partial charge in [0.2, 0.25) is 5.91 Å². The number of esters is 1. The molecule has 79 heavy (non-hydrogen) atoms. The van der Waals surface area contributed by atoms with Crippen LogP contribution in [0.5, 0.6) is 0 Å². The number of aliphatic hydroxyl groups is 2. The monoisotopic (exact) mass is 1110 g/mol. The lowest BCUT2D eigenvalue weighted by Crippen LogP contribution is -2.45.